The van der Waals surface area contributed by atoms with Crippen molar-refractivity contribution in [3.63, 3.8) is 0 Å². The number of hydrogen-bond acceptors (Lipinski definition) is 5. The Morgan fingerprint density at radius 3 is 3.00 bits per heavy atom. The number of nitrogens with one attached hydrogen (secondary N) is 1. The van der Waals surface area contributed by atoms with Gasteiger partial charge in [-0.2, -0.15) is 0 Å². The van der Waals surface area contributed by atoms with Crippen LogP contribution in [-0.4, -0.2) is 41.9 Å². The molecule has 0 bridgehead atoms. The van der Waals surface area contributed by atoms with Gasteiger partial charge in [-0.1, -0.05) is 12.7 Å². The number of fused-ring (bicyclic) bond motifs is 1. The monoisotopic (exact) mass is 314 g/mol. The molecule has 0 aliphatic carbocycles. The van der Waals surface area contributed by atoms with Gasteiger partial charge in [0.05, 0.1) is 7.11 Å². The van der Waals surface area contributed by atoms with Crippen molar-refractivity contribution in [3.05, 3.63) is 36.5 Å². The average Bonchev–Trinajstić information content (AvgIpc) is 3.02. The summed E-state index contributed by atoms with van der Waals surface area (Å²) in [5.74, 6) is 0.366. The standard InChI is InChI=1S/C17H18N2O4/c1-3-10-6-13-11(7-15(10)22-2)4-5-18-16(13)23-12-8-14(17(20)21)19-9-12/h3-7,12,14,19H,1,8-9H2,2H3,(H,20,21)/t12-,14+/m1/s1. The molecule has 1 aliphatic heterocycles. The number of rotatable bonds is 5. The topological polar surface area (TPSA) is 80.7 Å². The SMILES string of the molecule is C=Cc1cc2c(O[C@H]3CN[C@H](C(=O)O)C3)nccc2cc1OC. The fourth-order valence-corrected chi connectivity index (χ4v) is 2.76. The number of carboxylic acids is 1. The minimum Gasteiger partial charge on any atom is -0.496 e. The third-order valence-corrected chi connectivity index (χ3v) is 3.96. The molecule has 1 fully saturated rings. The molecule has 1 aromatic heterocycles. The van der Waals surface area contributed by atoms with E-state index in [1.165, 1.54) is 0 Å². The van der Waals surface area contributed by atoms with Gasteiger partial charge < -0.3 is 19.9 Å². The summed E-state index contributed by atoms with van der Waals surface area (Å²) in [6.45, 7) is 4.28. The Labute approximate surface area is 133 Å². The number of ether oxygens (including phenoxy) is 2. The van der Waals surface area contributed by atoms with Crippen molar-refractivity contribution in [2.24, 2.45) is 0 Å². The highest BCUT2D eigenvalue weighted by atomic mass is 16.5. The first-order valence-corrected chi connectivity index (χ1v) is 7.34. The third-order valence-electron chi connectivity index (χ3n) is 3.96. The smallest absolute Gasteiger partial charge is 0.320 e. The van der Waals surface area contributed by atoms with E-state index in [0.29, 0.717) is 18.8 Å². The third kappa shape index (κ3) is 2.98. The van der Waals surface area contributed by atoms with Crippen molar-refractivity contribution < 1.29 is 19.4 Å². The molecule has 0 amide bonds. The Bertz CT molecular complexity index is 760. The van der Waals surface area contributed by atoms with Crippen LogP contribution in [0.4, 0.5) is 0 Å². The van der Waals surface area contributed by atoms with Crippen LogP contribution in [0, 0.1) is 0 Å². The molecule has 1 aromatic carbocycles. The van der Waals surface area contributed by atoms with Crippen LogP contribution in [0.1, 0.15) is 12.0 Å². The van der Waals surface area contributed by atoms with E-state index in [4.69, 9.17) is 14.6 Å². The molecule has 0 spiro atoms. The molecular weight excluding hydrogens is 296 g/mol. The largest absolute Gasteiger partial charge is 0.496 e. The molecule has 1 aliphatic rings. The molecule has 0 radical (unpaired) electrons. The lowest BCUT2D eigenvalue weighted by atomic mass is 10.1. The molecule has 2 N–H and O–H groups in total. The molecule has 120 valence electrons. The summed E-state index contributed by atoms with van der Waals surface area (Å²) in [6, 6.07) is 5.14. The summed E-state index contributed by atoms with van der Waals surface area (Å²) in [5.41, 5.74) is 0.853. The van der Waals surface area contributed by atoms with Crippen molar-refractivity contribution in [2.45, 2.75) is 18.6 Å². The minimum atomic E-state index is -0.861. The van der Waals surface area contributed by atoms with Crippen molar-refractivity contribution >= 4 is 22.8 Å². The second kappa shape index (κ2) is 6.26. The van der Waals surface area contributed by atoms with Crippen LogP contribution in [0.25, 0.3) is 16.8 Å². The highest BCUT2D eigenvalue weighted by molar-refractivity contribution is 5.90. The van der Waals surface area contributed by atoms with E-state index >= 15 is 0 Å². The lowest BCUT2D eigenvalue weighted by Gasteiger charge is -2.15. The number of methoxy groups -OCH3 is 1. The molecule has 2 aromatic rings. The predicted molar refractivity (Wildman–Crippen MR) is 86.8 cm³/mol. The van der Waals surface area contributed by atoms with E-state index < -0.39 is 12.0 Å². The molecule has 23 heavy (non-hydrogen) atoms. The van der Waals surface area contributed by atoms with E-state index in [1.54, 1.807) is 19.4 Å². The minimum absolute atomic E-state index is 0.219. The Balaban J connectivity index is 1.92. The van der Waals surface area contributed by atoms with Crippen molar-refractivity contribution in [3.8, 4) is 11.6 Å². The molecule has 2 atom stereocenters. The molecule has 6 heteroatoms. The zero-order chi connectivity index (χ0) is 16.4. The molecular formula is C17H18N2O4. The van der Waals surface area contributed by atoms with Gasteiger partial charge in [0, 0.05) is 30.1 Å². The summed E-state index contributed by atoms with van der Waals surface area (Å²) in [5, 5.41) is 13.8. The van der Waals surface area contributed by atoms with E-state index in [2.05, 4.69) is 16.9 Å². The zero-order valence-corrected chi connectivity index (χ0v) is 12.8. The number of aromatic nitrogens is 1. The Morgan fingerprint density at radius 1 is 1.52 bits per heavy atom. The van der Waals surface area contributed by atoms with Crippen LogP contribution in [0.3, 0.4) is 0 Å². The first-order chi connectivity index (χ1) is 11.1. The fourth-order valence-electron chi connectivity index (χ4n) is 2.76. The maximum Gasteiger partial charge on any atom is 0.320 e. The van der Waals surface area contributed by atoms with Gasteiger partial charge in [-0.15, -0.1) is 0 Å². The quantitative estimate of drug-likeness (QED) is 0.879. The summed E-state index contributed by atoms with van der Waals surface area (Å²) in [6.07, 6.45) is 3.58. The number of carboxylic acid groups (broad SMARTS) is 1. The lowest BCUT2D eigenvalue weighted by molar-refractivity contribution is -0.139. The number of hydrogen-bond donors (Lipinski definition) is 2. The summed E-state index contributed by atoms with van der Waals surface area (Å²) in [7, 11) is 1.61. The summed E-state index contributed by atoms with van der Waals surface area (Å²) < 4.78 is 11.3. The molecule has 3 rings (SSSR count). The highest BCUT2D eigenvalue weighted by Crippen LogP contribution is 2.32. The van der Waals surface area contributed by atoms with Crippen LogP contribution < -0.4 is 14.8 Å². The van der Waals surface area contributed by atoms with Crippen molar-refractivity contribution in [1.29, 1.82) is 0 Å². The Kier molecular flexibility index (Phi) is 4.16. The van der Waals surface area contributed by atoms with Gasteiger partial charge in [-0.3, -0.25) is 4.79 Å². The number of aliphatic carboxylic acids is 1. The van der Waals surface area contributed by atoms with Crippen LogP contribution in [0.15, 0.2) is 31.0 Å². The van der Waals surface area contributed by atoms with E-state index in [1.807, 2.05) is 18.2 Å². The average molecular weight is 314 g/mol. The van der Waals surface area contributed by atoms with Crippen LogP contribution >= 0.6 is 0 Å². The number of benzene rings is 1. The van der Waals surface area contributed by atoms with Crippen molar-refractivity contribution in [1.82, 2.24) is 10.3 Å². The number of nitrogens with zero attached hydrogens (tertiary/aromatic N) is 1. The van der Waals surface area contributed by atoms with E-state index in [0.717, 1.165) is 22.1 Å². The van der Waals surface area contributed by atoms with E-state index in [9.17, 15) is 4.79 Å². The second-order valence-electron chi connectivity index (χ2n) is 5.41. The first-order valence-electron chi connectivity index (χ1n) is 7.34. The van der Waals surface area contributed by atoms with Gasteiger partial charge in [-0.25, -0.2) is 4.98 Å². The van der Waals surface area contributed by atoms with Gasteiger partial charge in [0.2, 0.25) is 5.88 Å². The number of pyridine rings is 1. The maximum atomic E-state index is 11.0. The first kappa shape index (κ1) is 15.3. The lowest BCUT2D eigenvalue weighted by Crippen LogP contribution is -2.30. The van der Waals surface area contributed by atoms with Crippen molar-refractivity contribution in [2.75, 3.05) is 13.7 Å². The fraction of sp³-hybridized carbons (Fsp3) is 0.294. The van der Waals surface area contributed by atoms with Gasteiger partial charge in [0.15, 0.2) is 0 Å². The highest BCUT2D eigenvalue weighted by Gasteiger charge is 2.31. The van der Waals surface area contributed by atoms with Crippen LogP contribution in [0.5, 0.6) is 11.6 Å². The second-order valence-corrected chi connectivity index (χ2v) is 5.41. The summed E-state index contributed by atoms with van der Waals surface area (Å²) >= 11 is 0. The zero-order valence-electron chi connectivity index (χ0n) is 12.8. The Hall–Kier alpha value is -2.60. The molecule has 2 heterocycles. The van der Waals surface area contributed by atoms with Gasteiger partial charge in [0.1, 0.15) is 17.9 Å². The summed E-state index contributed by atoms with van der Waals surface area (Å²) in [4.78, 5) is 15.3. The number of carbonyl (C=O) groups is 1. The van der Waals surface area contributed by atoms with Gasteiger partial charge in [0.25, 0.3) is 0 Å². The van der Waals surface area contributed by atoms with Gasteiger partial charge >= 0.3 is 5.97 Å². The molecule has 6 nitrogen and oxygen atoms in total. The molecule has 0 saturated carbocycles. The Morgan fingerprint density at radius 2 is 2.35 bits per heavy atom. The predicted octanol–water partition coefficient (Wildman–Crippen LogP) is 2.08. The molecule has 0 unspecified atom stereocenters. The maximum absolute atomic E-state index is 11.0. The van der Waals surface area contributed by atoms with Gasteiger partial charge in [-0.05, 0) is 23.6 Å². The van der Waals surface area contributed by atoms with Crippen LogP contribution in [-0.2, 0) is 4.79 Å². The van der Waals surface area contributed by atoms with E-state index in [-0.39, 0.29) is 6.10 Å². The molecule has 1 saturated heterocycles. The van der Waals surface area contributed by atoms with Crippen LogP contribution in [0.2, 0.25) is 0 Å². The normalized spacial score (nSPS) is 20.4.